The Morgan fingerprint density at radius 3 is 2.35 bits per heavy atom. The molecule has 0 aliphatic carbocycles. The van der Waals surface area contributed by atoms with Gasteiger partial charge in [-0.2, -0.15) is 0 Å². The van der Waals surface area contributed by atoms with Crippen LogP contribution in [0.4, 0.5) is 0 Å². The molecule has 1 aliphatic heterocycles. The van der Waals surface area contributed by atoms with Gasteiger partial charge in [0.15, 0.2) is 8.68 Å². The first-order valence-corrected chi connectivity index (χ1v) is 9.95. The first kappa shape index (κ1) is 16.1. The minimum atomic E-state index is 0.247. The van der Waals surface area contributed by atoms with Crippen LogP contribution in [0.3, 0.4) is 0 Å². The molecule has 0 saturated carbocycles. The van der Waals surface area contributed by atoms with Crippen LogP contribution in [0.5, 0.6) is 0 Å². The highest BCUT2D eigenvalue weighted by Gasteiger charge is 2.16. The zero-order valence-electron chi connectivity index (χ0n) is 11.8. The van der Waals surface area contributed by atoms with Gasteiger partial charge >= 0.3 is 0 Å². The van der Waals surface area contributed by atoms with Gasteiger partial charge in [-0.1, -0.05) is 61.0 Å². The van der Waals surface area contributed by atoms with Crippen molar-refractivity contribution in [1.29, 1.82) is 0 Å². The maximum atomic E-state index is 12.2. The van der Waals surface area contributed by atoms with Gasteiger partial charge in [-0.25, -0.2) is 0 Å². The Morgan fingerprint density at radius 2 is 1.70 bits per heavy atom. The summed E-state index contributed by atoms with van der Waals surface area (Å²) in [7, 11) is 0. The van der Waals surface area contributed by atoms with Crippen molar-refractivity contribution < 1.29 is 4.79 Å². The van der Waals surface area contributed by atoms with Crippen LogP contribution in [0.25, 0.3) is 0 Å². The van der Waals surface area contributed by atoms with E-state index in [0.717, 1.165) is 40.4 Å². The van der Waals surface area contributed by atoms with E-state index in [1.54, 1.807) is 23.1 Å². The summed E-state index contributed by atoms with van der Waals surface area (Å²) in [4.78, 5) is 14.2. The van der Waals surface area contributed by atoms with E-state index in [2.05, 4.69) is 17.1 Å². The lowest BCUT2D eigenvalue weighted by molar-refractivity contribution is -0.128. The summed E-state index contributed by atoms with van der Waals surface area (Å²) in [6.45, 7) is 3.95. The van der Waals surface area contributed by atoms with Crippen LogP contribution in [0.2, 0.25) is 0 Å². The van der Waals surface area contributed by atoms with Crippen molar-refractivity contribution in [2.24, 2.45) is 0 Å². The number of nitrogens with zero attached hydrogens (tertiary/aromatic N) is 3. The minimum absolute atomic E-state index is 0.247. The first-order valence-electron chi connectivity index (χ1n) is 7.16. The average Bonchev–Trinajstić information content (AvgIpc) is 2.84. The van der Waals surface area contributed by atoms with E-state index < -0.39 is 0 Å². The summed E-state index contributed by atoms with van der Waals surface area (Å²) in [6, 6.07) is 0. The number of rotatable bonds is 5. The van der Waals surface area contributed by atoms with E-state index in [4.69, 9.17) is 0 Å². The van der Waals surface area contributed by atoms with E-state index in [0.29, 0.717) is 5.75 Å². The smallest absolute Gasteiger partial charge is 0.233 e. The standard InChI is InChI=1S/C13H21N3OS3/c1-2-18-12-14-15-13(20-12)19-10-11(17)16-8-6-4-3-5-7-9-16/h2-10H2,1H3. The molecule has 2 heterocycles. The molecule has 0 N–H and O–H groups in total. The third kappa shape index (κ3) is 5.26. The molecule has 20 heavy (non-hydrogen) atoms. The number of carbonyl (C=O) groups excluding carboxylic acids is 1. The quantitative estimate of drug-likeness (QED) is 0.772. The predicted molar refractivity (Wildman–Crippen MR) is 86.7 cm³/mol. The van der Waals surface area contributed by atoms with Crippen molar-refractivity contribution in [2.75, 3.05) is 24.6 Å². The molecule has 0 spiro atoms. The van der Waals surface area contributed by atoms with Crippen LogP contribution in [0.15, 0.2) is 8.68 Å². The fourth-order valence-electron chi connectivity index (χ4n) is 2.15. The molecular weight excluding hydrogens is 310 g/mol. The maximum absolute atomic E-state index is 12.2. The van der Waals surface area contributed by atoms with Crippen molar-refractivity contribution in [1.82, 2.24) is 15.1 Å². The molecule has 0 radical (unpaired) electrons. The van der Waals surface area contributed by atoms with E-state index >= 15 is 0 Å². The van der Waals surface area contributed by atoms with Crippen LogP contribution in [0.1, 0.15) is 39.0 Å². The molecule has 7 heteroatoms. The van der Waals surface area contributed by atoms with Gasteiger partial charge in [0.05, 0.1) is 5.75 Å². The fourth-order valence-corrected chi connectivity index (χ4v) is 4.97. The summed E-state index contributed by atoms with van der Waals surface area (Å²) in [5, 5.41) is 8.23. The highest BCUT2D eigenvalue weighted by Crippen LogP contribution is 2.28. The molecule has 1 fully saturated rings. The molecule has 112 valence electrons. The van der Waals surface area contributed by atoms with Crippen LogP contribution in [-0.4, -0.2) is 45.6 Å². The summed E-state index contributed by atoms with van der Waals surface area (Å²) >= 11 is 4.81. The van der Waals surface area contributed by atoms with Crippen molar-refractivity contribution >= 4 is 40.8 Å². The maximum Gasteiger partial charge on any atom is 0.233 e. The number of thioether (sulfide) groups is 2. The monoisotopic (exact) mass is 331 g/mol. The number of hydrogen-bond acceptors (Lipinski definition) is 6. The van der Waals surface area contributed by atoms with Gasteiger partial charge in [-0.15, -0.1) is 10.2 Å². The lowest BCUT2D eigenvalue weighted by Crippen LogP contribution is -2.35. The molecule has 0 bridgehead atoms. The highest BCUT2D eigenvalue weighted by molar-refractivity contribution is 8.03. The Bertz CT molecular complexity index is 417. The second kappa shape index (κ2) is 8.89. The molecule has 1 saturated heterocycles. The number of amides is 1. The van der Waals surface area contributed by atoms with Gasteiger partial charge < -0.3 is 4.90 Å². The Hall–Kier alpha value is -0.270. The second-order valence-corrected chi connectivity index (χ2v) is 8.42. The fraction of sp³-hybridized carbons (Fsp3) is 0.769. The number of aromatic nitrogens is 2. The summed E-state index contributed by atoms with van der Waals surface area (Å²) in [5.41, 5.74) is 0. The molecule has 1 aliphatic rings. The molecule has 0 atom stereocenters. The first-order chi connectivity index (χ1) is 9.79. The van der Waals surface area contributed by atoms with Crippen LogP contribution in [0, 0.1) is 0 Å². The second-order valence-electron chi connectivity index (χ2n) is 4.70. The molecule has 0 unspecified atom stereocenters. The molecule has 4 nitrogen and oxygen atoms in total. The van der Waals surface area contributed by atoms with Crippen molar-refractivity contribution in [3.63, 3.8) is 0 Å². The van der Waals surface area contributed by atoms with E-state index in [1.165, 1.54) is 31.0 Å². The van der Waals surface area contributed by atoms with Gasteiger partial charge in [0.25, 0.3) is 0 Å². The number of carbonyl (C=O) groups is 1. The molecular formula is C13H21N3OS3. The van der Waals surface area contributed by atoms with Crippen molar-refractivity contribution in [3.8, 4) is 0 Å². The number of hydrogen-bond donors (Lipinski definition) is 0. The third-order valence-electron chi connectivity index (χ3n) is 3.18. The Labute approximate surface area is 133 Å². The van der Waals surface area contributed by atoms with E-state index in [1.807, 2.05) is 4.90 Å². The topological polar surface area (TPSA) is 46.1 Å². The third-order valence-corrected chi connectivity index (χ3v) is 6.24. The zero-order valence-corrected chi connectivity index (χ0v) is 14.3. The van der Waals surface area contributed by atoms with Crippen LogP contribution < -0.4 is 0 Å². The Morgan fingerprint density at radius 1 is 1.10 bits per heavy atom. The van der Waals surface area contributed by atoms with Gasteiger partial charge in [0.2, 0.25) is 5.91 Å². The van der Waals surface area contributed by atoms with Gasteiger partial charge in [0, 0.05) is 13.1 Å². The molecule has 0 aromatic carbocycles. The largest absolute Gasteiger partial charge is 0.342 e. The normalized spacial score (nSPS) is 16.8. The summed E-state index contributed by atoms with van der Waals surface area (Å²) < 4.78 is 1.90. The van der Waals surface area contributed by atoms with E-state index in [-0.39, 0.29) is 5.91 Å². The van der Waals surface area contributed by atoms with Crippen molar-refractivity contribution in [2.45, 2.75) is 47.7 Å². The summed E-state index contributed by atoms with van der Waals surface area (Å²) in [5.74, 6) is 1.74. The molecule has 2 rings (SSSR count). The molecule has 1 aromatic heterocycles. The van der Waals surface area contributed by atoms with E-state index in [9.17, 15) is 4.79 Å². The Balaban J connectivity index is 1.77. The molecule has 1 aromatic rings. The lowest BCUT2D eigenvalue weighted by atomic mass is 10.1. The lowest BCUT2D eigenvalue weighted by Gasteiger charge is -2.24. The van der Waals surface area contributed by atoms with Crippen molar-refractivity contribution in [3.05, 3.63) is 0 Å². The Kier molecular flexibility index (Phi) is 7.16. The summed E-state index contributed by atoms with van der Waals surface area (Å²) in [6.07, 6.45) is 6.12. The van der Waals surface area contributed by atoms with Gasteiger partial charge in [-0.05, 0) is 18.6 Å². The van der Waals surface area contributed by atoms with Crippen LogP contribution in [-0.2, 0) is 4.79 Å². The van der Waals surface area contributed by atoms with Crippen LogP contribution >= 0.6 is 34.9 Å². The molecule has 1 amide bonds. The highest BCUT2D eigenvalue weighted by atomic mass is 32.2. The predicted octanol–water partition coefficient (Wildman–Crippen LogP) is 3.53. The average molecular weight is 332 g/mol. The zero-order chi connectivity index (χ0) is 14.2. The van der Waals surface area contributed by atoms with Gasteiger partial charge in [-0.3, -0.25) is 4.79 Å². The minimum Gasteiger partial charge on any atom is -0.342 e. The SMILES string of the molecule is CCSc1nnc(SCC(=O)N2CCCCCCC2)s1. The number of likely N-dealkylation sites (tertiary alicyclic amines) is 1. The van der Waals surface area contributed by atoms with Gasteiger partial charge in [0.1, 0.15) is 0 Å².